The average molecular weight is 709 g/mol. The summed E-state index contributed by atoms with van der Waals surface area (Å²) >= 11 is 1.39. The van der Waals surface area contributed by atoms with Crippen LogP contribution in [0.1, 0.15) is 77.3 Å². The number of benzene rings is 3. The Morgan fingerprint density at radius 2 is 1.59 bits per heavy atom. The van der Waals surface area contributed by atoms with Gasteiger partial charge in [0.05, 0.1) is 27.1 Å². The highest BCUT2D eigenvalue weighted by atomic mass is 32.2. The van der Waals surface area contributed by atoms with Gasteiger partial charge in [0.2, 0.25) is 0 Å². The fourth-order valence-corrected chi connectivity index (χ4v) is 9.09. The predicted octanol–water partition coefficient (Wildman–Crippen LogP) is 7.62. The monoisotopic (exact) mass is 708 g/mol. The highest BCUT2D eigenvalue weighted by Gasteiger charge is 2.42. The van der Waals surface area contributed by atoms with E-state index in [1.807, 2.05) is 42.7 Å². The van der Waals surface area contributed by atoms with E-state index in [-0.39, 0.29) is 22.8 Å². The zero-order valence-corrected chi connectivity index (χ0v) is 30.4. The van der Waals surface area contributed by atoms with Crippen LogP contribution in [0.3, 0.4) is 0 Å². The van der Waals surface area contributed by atoms with Crippen molar-refractivity contribution in [2.45, 2.75) is 81.5 Å². The highest BCUT2D eigenvalue weighted by molar-refractivity contribution is 7.98. The quantitative estimate of drug-likeness (QED) is 0.136. The largest absolute Gasteiger partial charge is 0.483 e. The molecule has 0 bridgehead atoms. The van der Waals surface area contributed by atoms with Gasteiger partial charge >= 0.3 is 5.97 Å². The van der Waals surface area contributed by atoms with E-state index in [0.717, 1.165) is 44.2 Å². The lowest BCUT2D eigenvalue weighted by atomic mass is 9.79. The van der Waals surface area contributed by atoms with Crippen molar-refractivity contribution in [1.82, 2.24) is 5.32 Å². The molecule has 0 aromatic heterocycles. The van der Waals surface area contributed by atoms with E-state index in [2.05, 4.69) is 24.1 Å². The number of rotatable bonds is 17. The van der Waals surface area contributed by atoms with Gasteiger partial charge in [-0.05, 0) is 42.9 Å². The smallest absolute Gasteiger partial charge is 0.306 e. The number of nitrogens with one attached hydrogen (secondary N) is 1. The Bertz CT molecular complexity index is 1690. The van der Waals surface area contributed by atoms with Gasteiger partial charge in [-0.1, -0.05) is 95.0 Å². The number of ether oxygens (including phenoxy) is 1. The molecule has 0 aliphatic carbocycles. The second kappa shape index (κ2) is 17.2. The third-order valence-corrected chi connectivity index (χ3v) is 11.8. The second-order valence-corrected chi connectivity index (χ2v) is 15.8. The molecule has 2 atom stereocenters. The first-order chi connectivity index (χ1) is 23.4. The van der Waals surface area contributed by atoms with Crippen molar-refractivity contribution in [3.8, 4) is 5.75 Å². The summed E-state index contributed by atoms with van der Waals surface area (Å²) in [6.45, 7) is 5.79. The molecule has 3 aromatic carbocycles. The van der Waals surface area contributed by atoms with E-state index in [1.165, 1.54) is 18.7 Å². The van der Waals surface area contributed by atoms with Crippen molar-refractivity contribution in [3.63, 3.8) is 0 Å². The lowest BCUT2D eigenvalue weighted by Gasteiger charge is -2.37. The Morgan fingerprint density at radius 1 is 0.980 bits per heavy atom. The molecule has 0 fully saturated rings. The number of Topliss-reactive ketones (excluding diaryl/α,β-unsaturated/α-hetero) is 1. The number of hydrogen-bond donors (Lipinski definition) is 2. The number of anilines is 2. The maximum Gasteiger partial charge on any atom is 0.306 e. The predicted molar refractivity (Wildman–Crippen MR) is 194 cm³/mol. The van der Waals surface area contributed by atoms with Gasteiger partial charge in [-0.25, -0.2) is 8.42 Å². The number of carboxylic acid groups (broad SMARTS) is 1. The number of aliphatic carboxylic acids is 1. The number of sulfone groups is 1. The number of carbonyl (C=O) groups excluding carboxylic acids is 2. The van der Waals surface area contributed by atoms with Crippen LogP contribution in [-0.2, 0) is 24.2 Å². The molecule has 4 rings (SSSR count). The van der Waals surface area contributed by atoms with Crippen LogP contribution in [0.2, 0.25) is 0 Å². The van der Waals surface area contributed by atoms with E-state index in [4.69, 9.17) is 4.74 Å². The molecule has 1 unspecified atom stereocenters. The van der Waals surface area contributed by atoms with E-state index in [0.29, 0.717) is 22.7 Å². The second-order valence-electron chi connectivity index (χ2n) is 13.0. The number of hydrogen-bond acceptors (Lipinski definition) is 8. The van der Waals surface area contributed by atoms with E-state index in [1.54, 1.807) is 36.4 Å². The molecule has 0 spiro atoms. The zero-order chi connectivity index (χ0) is 35.6. The first-order valence-corrected chi connectivity index (χ1v) is 19.8. The summed E-state index contributed by atoms with van der Waals surface area (Å²) in [6.07, 6.45) is 7.00. The number of unbranched alkanes of at least 4 members (excludes halogenated alkanes) is 2. The van der Waals surface area contributed by atoms with Gasteiger partial charge in [-0.2, -0.15) is 0 Å². The van der Waals surface area contributed by atoms with Gasteiger partial charge in [0, 0.05) is 30.1 Å². The van der Waals surface area contributed by atoms with Crippen LogP contribution in [0, 0.1) is 11.3 Å². The molecular formula is C38H48N2O7S2. The van der Waals surface area contributed by atoms with Gasteiger partial charge in [0.15, 0.2) is 22.2 Å². The van der Waals surface area contributed by atoms with Gasteiger partial charge in [0.1, 0.15) is 11.8 Å². The van der Waals surface area contributed by atoms with Crippen LogP contribution in [0.15, 0.2) is 82.6 Å². The van der Waals surface area contributed by atoms with Crippen LogP contribution in [0.5, 0.6) is 5.75 Å². The molecule has 0 saturated carbocycles. The Labute approximate surface area is 294 Å². The fourth-order valence-electron chi connectivity index (χ4n) is 6.43. The lowest BCUT2D eigenvalue weighted by molar-refractivity contribution is -0.143. The number of amides is 1. The maximum atomic E-state index is 14.4. The van der Waals surface area contributed by atoms with Crippen molar-refractivity contribution in [2.75, 3.05) is 30.1 Å². The molecule has 1 heterocycles. The number of fused-ring (bicyclic) bond motifs is 1. The first-order valence-electron chi connectivity index (χ1n) is 16.9. The molecule has 0 radical (unpaired) electrons. The summed E-state index contributed by atoms with van der Waals surface area (Å²) in [4.78, 5) is 40.8. The summed E-state index contributed by atoms with van der Waals surface area (Å²) in [5, 5.41) is 12.1. The van der Waals surface area contributed by atoms with Gasteiger partial charge in [-0.3, -0.25) is 14.4 Å². The van der Waals surface area contributed by atoms with E-state index < -0.39 is 51.5 Å². The van der Waals surface area contributed by atoms with E-state index >= 15 is 0 Å². The third-order valence-electron chi connectivity index (χ3n) is 9.10. The first kappa shape index (κ1) is 38.0. The van der Waals surface area contributed by atoms with Crippen molar-refractivity contribution in [1.29, 1.82) is 0 Å². The Kier molecular flexibility index (Phi) is 13.3. The number of carbonyl (C=O) groups is 3. The van der Waals surface area contributed by atoms with Gasteiger partial charge in [-0.15, -0.1) is 11.8 Å². The Balaban J connectivity index is 1.68. The molecule has 1 aliphatic rings. The SMILES string of the molecule is CCCCC1(CCCC)CN(c2ccccc2)c2cc(SC)c(OCC(=O)NC(C(=O)C[C@@H](C)C(=O)O)c3ccccc3)cc2S(=O)(=O)C1. The van der Waals surface area contributed by atoms with Crippen LogP contribution in [0.25, 0.3) is 0 Å². The standard InChI is InChI=1S/C38H48N2O7S2/c1-5-7-19-38(20-8-6-2)25-40(29-17-13-10-14-18-29)30-22-33(48-4)32(23-34(30)49(45,46)26-38)47-24-35(42)39-36(28-15-11-9-12-16-28)31(41)21-27(3)37(43)44/h9-18,22-23,27,36H,5-8,19-21,24-26H2,1-4H3,(H,39,42)(H,43,44)/t27-,36?/m1/s1. The molecule has 0 saturated heterocycles. The third kappa shape index (κ3) is 9.66. The van der Waals surface area contributed by atoms with Gasteiger partial charge < -0.3 is 20.1 Å². The van der Waals surface area contributed by atoms with Crippen molar-refractivity contribution in [3.05, 3.63) is 78.4 Å². The molecular weight excluding hydrogens is 661 g/mol. The van der Waals surface area contributed by atoms with Crippen molar-refractivity contribution >= 4 is 50.6 Å². The molecule has 9 nitrogen and oxygen atoms in total. The molecule has 1 aliphatic heterocycles. The topological polar surface area (TPSA) is 130 Å². The summed E-state index contributed by atoms with van der Waals surface area (Å²) in [6, 6.07) is 20.8. The summed E-state index contributed by atoms with van der Waals surface area (Å²) in [7, 11) is -3.78. The summed E-state index contributed by atoms with van der Waals surface area (Å²) in [5.74, 6) is -2.78. The van der Waals surface area contributed by atoms with Crippen LogP contribution >= 0.6 is 11.8 Å². The number of thioether (sulfide) groups is 1. The zero-order valence-electron chi connectivity index (χ0n) is 28.8. The number of para-hydroxylation sites is 1. The lowest BCUT2D eigenvalue weighted by Crippen LogP contribution is -2.38. The minimum Gasteiger partial charge on any atom is -0.483 e. The number of nitrogens with zero attached hydrogens (tertiary/aromatic N) is 1. The molecule has 3 aromatic rings. The normalized spacial score (nSPS) is 16.1. The Hall–Kier alpha value is -3.83. The number of carboxylic acids is 1. The van der Waals surface area contributed by atoms with E-state index in [9.17, 15) is 27.9 Å². The summed E-state index contributed by atoms with van der Waals surface area (Å²) < 4.78 is 34.8. The Morgan fingerprint density at radius 3 is 2.16 bits per heavy atom. The molecule has 2 N–H and O–H groups in total. The number of ketones is 1. The molecule has 264 valence electrons. The van der Waals surface area contributed by atoms with Gasteiger partial charge in [0.25, 0.3) is 5.91 Å². The van der Waals surface area contributed by atoms with Crippen molar-refractivity contribution in [2.24, 2.45) is 11.3 Å². The molecule has 49 heavy (non-hydrogen) atoms. The maximum absolute atomic E-state index is 14.4. The minimum absolute atomic E-state index is 0.0184. The van der Waals surface area contributed by atoms with Crippen molar-refractivity contribution < 1.29 is 32.6 Å². The molecule has 1 amide bonds. The fraction of sp³-hybridized carbons (Fsp3) is 0.447. The average Bonchev–Trinajstić information content (AvgIpc) is 3.19. The van der Waals surface area contributed by atoms with Crippen LogP contribution < -0.4 is 15.0 Å². The van der Waals surface area contributed by atoms with Crippen LogP contribution in [0.4, 0.5) is 11.4 Å². The minimum atomic E-state index is -3.78. The van der Waals surface area contributed by atoms with Crippen LogP contribution in [-0.4, -0.2) is 56.3 Å². The molecule has 11 heteroatoms. The summed E-state index contributed by atoms with van der Waals surface area (Å²) in [5.41, 5.74) is 1.57. The highest BCUT2D eigenvalue weighted by Crippen LogP contribution is 2.47.